The number of pyridine rings is 1. The molecule has 1 N–H and O–H groups in total. The van der Waals surface area contributed by atoms with Crippen molar-refractivity contribution in [2.75, 3.05) is 18.5 Å². The van der Waals surface area contributed by atoms with Gasteiger partial charge in [0.1, 0.15) is 5.82 Å². The maximum Gasteiger partial charge on any atom is 0.228 e. The van der Waals surface area contributed by atoms with E-state index in [4.69, 9.17) is 4.74 Å². The van der Waals surface area contributed by atoms with Gasteiger partial charge >= 0.3 is 0 Å². The van der Waals surface area contributed by atoms with Crippen LogP contribution in [0.4, 0.5) is 5.82 Å². The van der Waals surface area contributed by atoms with Crippen molar-refractivity contribution in [3.05, 3.63) is 43.0 Å². The number of nitrogens with zero attached hydrogens (tertiary/aromatic N) is 3. The van der Waals surface area contributed by atoms with Crippen LogP contribution < -0.4 is 5.32 Å². The summed E-state index contributed by atoms with van der Waals surface area (Å²) in [4.78, 5) is 20.9. The zero-order chi connectivity index (χ0) is 17.2. The van der Waals surface area contributed by atoms with E-state index in [-0.39, 0.29) is 11.8 Å². The van der Waals surface area contributed by atoms with Crippen molar-refractivity contribution in [2.45, 2.75) is 12.8 Å². The minimum Gasteiger partial charge on any atom is -0.381 e. The number of aromatic nitrogens is 3. The van der Waals surface area contributed by atoms with Gasteiger partial charge in [-0.3, -0.25) is 4.79 Å². The summed E-state index contributed by atoms with van der Waals surface area (Å²) in [5.41, 5.74) is 2.13. The number of amides is 1. The molecule has 3 heterocycles. The third kappa shape index (κ3) is 3.25. The fourth-order valence-corrected chi connectivity index (χ4v) is 3.19. The van der Waals surface area contributed by atoms with Crippen LogP contribution in [0.15, 0.2) is 43.0 Å². The zero-order valence-corrected chi connectivity index (χ0v) is 14.1. The molecule has 2 aromatic heterocycles. The Hall–Kier alpha value is -2.73. The van der Waals surface area contributed by atoms with Gasteiger partial charge < -0.3 is 14.6 Å². The highest BCUT2D eigenvalue weighted by molar-refractivity contribution is 5.95. The van der Waals surface area contributed by atoms with Crippen LogP contribution >= 0.6 is 0 Å². The number of rotatable bonds is 3. The van der Waals surface area contributed by atoms with Crippen LogP contribution in [0.1, 0.15) is 12.8 Å². The van der Waals surface area contributed by atoms with Crippen molar-refractivity contribution in [2.24, 2.45) is 13.0 Å². The SMILES string of the molecule is Cn1cncc1-c1ccc2cnc(NC(=O)C3CCOCC3)cc2c1. The molecular formula is C19H20N4O2. The van der Waals surface area contributed by atoms with Gasteiger partial charge in [0.25, 0.3) is 0 Å². The summed E-state index contributed by atoms with van der Waals surface area (Å²) in [6, 6.07) is 8.11. The Balaban J connectivity index is 1.60. The lowest BCUT2D eigenvalue weighted by atomic mass is 9.99. The number of imidazole rings is 1. The summed E-state index contributed by atoms with van der Waals surface area (Å²) < 4.78 is 7.30. The van der Waals surface area contributed by atoms with E-state index in [0.717, 1.165) is 34.9 Å². The van der Waals surface area contributed by atoms with Gasteiger partial charge in [0.15, 0.2) is 0 Å². The lowest BCUT2D eigenvalue weighted by Gasteiger charge is -2.21. The Morgan fingerprint density at radius 1 is 1.20 bits per heavy atom. The van der Waals surface area contributed by atoms with E-state index in [1.165, 1.54) is 0 Å². The first-order valence-electron chi connectivity index (χ1n) is 8.46. The fraction of sp³-hybridized carbons (Fsp3) is 0.316. The van der Waals surface area contributed by atoms with Crippen LogP contribution in [0.5, 0.6) is 0 Å². The van der Waals surface area contributed by atoms with Gasteiger partial charge in [0, 0.05) is 43.3 Å². The molecule has 25 heavy (non-hydrogen) atoms. The van der Waals surface area contributed by atoms with Crippen LogP contribution in [0.25, 0.3) is 22.0 Å². The Bertz CT molecular complexity index is 913. The molecule has 128 valence electrons. The lowest BCUT2D eigenvalue weighted by molar-refractivity contribution is -0.122. The van der Waals surface area contributed by atoms with E-state index in [1.807, 2.05) is 29.9 Å². The van der Waals surface area contributed by atoms with Crippen molar-refractivity contribution in [3.63, 3.8) is 0 Å². The summed E-state index contributed by atoms with van der Waals surface area (Å²) in [5, 5.41) is 5.02. The van der Waals surface area contributed by atoms with Gasteiger partial charge in [-0.25, -0.2) is 9.97 Å². The summed E-state index contributed by atoms with van der Waals surface area (Å²) in [5.74, 6) is 0.621. The molecule has 4 rings (SSSR count). The maximum absolute atomic E-state index is 12.4. The number of anilines is 1. The number of fused-ring (bicyclic) bond motifs is 1. The van der Waals surface area contributed by atoms with Crippen LogP contribution in [-0.2, 0) is 16.6 Å². The van der Waals surface area contributed by atoms with Crippen molar-refractivity contribution < 1.29 is 9.53 Å². The van der Waals surface area contributed by atoms with Gasteiger partial charge in [-0.2, -0.15) is 0 Å². The first kappa shape index (κ1) is 15.8. The predicted molar refractivity (Wildman–Crippen MR) is 96.1 cm³/mol. The van der Waals surface area contributed by atoms with Crippen molar-refractivity contribution in [1.82, 2.24) is 14.5 Å². The maximum atomic E-state index is 12.4. The van der Waals surface area contributed by atoms with Gasteiger partial charge in [-0.1, -0.05) is 12.1 Å². The molecule has 1 saturated heterocycles. The van der Waals surface area contributed by atoms with Crippen LogP contribution in [0.3, 0.4) is 0 Å². The molecule has 0 aliphatic carbocycles. The van der Waals surface area contributed by atoms with Gasteiger partial charge in [-0.15, -0.1) is 0 Å². The van der Waals surface area contributed by atoms with Gasteiger partial charge in [-0.05, 0) is 30.4 Å². The second-order valence-corrected chi connectivity index (χ2v) is 6.40. The number of benzene rings is 1. The van der Waals surface area contributed by atoms with Gasteiger partial charge in [0.05, 0.1) is 18.2 Å². The van der Waals surface area contributed by atoms with Crippen molar-refractivity contribution in [3.8, 4) is 11.3 Å². The molecule has 1 aliphatic heterocycles. The monoisotopic (exact) mass is 336 g/mol. The molecule has 6 heteroatoms. The number of hydrogen-bond acceptors (Lipinski definition) is 4. The number of hydrogen-bond donors (Lipinski definition) is 1. The van der Waals surface area contributed by atoms with E-state index in [0.29, 0.717) is 19.0 Å². The van der Waals surface area contributed by atoms with E-state index < -0.39 is 0 Å². The number of carbonyl (C=O) groups is 1. The molecule has 0 atom stereocenters. The molecule has 0 saturated carbocycles. The molecule has 0 unspecified atom stereocenters. The minimum atomic E-state index is 0.00650. The first-order chi connectivity index (χ1) is 12.2. The second kappa shape index (κ2) is 6.64. The summed E-state index contributed by atoms with van der Waals surface area (Å²) in [6.45, 7) is 1.30. The molecule has 0 radical (unpaired) electrons. The highest BCUT2D eigenvalue weighted by Gasteiger charge is 2.21. The molecule has 1 fully saturated rings. The van der Waals surface area contributed by atoms with E-state index in [2.05, 4.69) is 27.4 Å². The molecule has 1 aromatic carbocycles. The quantitative estimate of drug-likeness (QED) is 0.798. The zero-order valence-electron chi connectivity index (χ0n) is 14.1. The predicted octanol–water partition coefficient (Wildman–Crippen LogP) is 3.00. The molecular weight excluding hydrogens is 316 g/mol. The first-order valence-corrected chi connectivity index (χ1v) is 8.46. The Kier molecular flexibility index (Phi) is 4.19. The fourth-order valence-electron chi connectivity index (χ4n) is 3.19. The highest BCUT2D eigenvalue weighted by atomic mass is 16.5. The van der Waals surface area contributed by atoms with Gasteiger partial charge in [0.2, 0.25) is 5.91 Å². The number of carbonyl (C=O) groups excluding carboxylic acids is 1. The van der Waals surface area contributed by atoms with E-state index >= 15 is 0 Å². The summed E-state index contributed by atoms with van der Waals surface area (Å²) in [6.07, 6.45) is 6.96. The van der Waals surface area contributed by atoms with Crippen LogP contribution in [0.2, 0.25) is 0 Å². The standard InChI is InChI=1S/C19H20N4O2/c1-23-12-20-11-17(23)14-2-3-15-10-21-18(9-16(15)8-14)22-19(24)13-4-6-25-7-5-13/h2-3,8-13H,4-7H2,1H3,(H,21,22,24). The third-order valence-corrected chi connectivity index (χ3v) is 4.68. The minimum absolute atomic E-state index is 0.00650. The largest absolute Gasteiger partial charge is 0.381 e. The normalized spacial score (nSPS) is 15.4. The molecule has 1 amide bonds. The molecule has 3 aromatic rings. The van der Waals surface area contributed by atoms with E-state index in [1.54, 1.807) is 12.5 Å². The number of nitrogens with one attached hydrogen (secondary N) is 1. The van der Waals surface area contributed by atoms with E-state index in [9.17, 15) is 4.79 Å². The molecule has 0 bridgehead atoms. The smallest absolute Gasteiger partial charge is 0.228 e. The van der Waals surface area contributed by atoms with Crippen LogP contribution in [-0.4, -0.2) is 33.7 Å². The average molecular weight is 336 g/mol. The van der Waals surface area contributed by atoms with Crippen molar-refractivity contribution >= 4 is 22.5 Å². The number of aryl methyl sites for hydroxylation is 1. The highest BCUT2D eigenvalue weighted by Crippen LogP contribution is 2.25. The third-order valence-electron chi connectivity index (χ3n) is 4.68. The lowest BCUT2D eigenvalue weighted by Crippen LogP contribution is -2.28. The van der Waals surface area contributed by atoms with Crippen molar-refractivity contribution in [1.29, 1.82) is 0 Å². The Morgan fingerprint density at radius 2 is 2.04 bits per heavy atom. The molecule has 1 aliphatic rings. The topological polar surface area (TPSA) is 69.0 Å². The summed E-state index contributed by atoms with van der Waals surface area (Å²) >= 11 is 0. The second-order valence-electron chi connectivity index (χ2n) is 6.40. The summed E-state index contributed by atoms with van der Waals surface area (Å²) in [7, 11) is 1.97. The molecule has 0 spiro atoms. The average Bonchev–Trinajstić information content (AvgIpc) is 3.08. The molecule has 6 nitrogen and oxygen atoms in total. The van der Waals surface area contributed by atoms with Crippen LogP contribution in [0, 0.1) is 5.92 Å². The Labute approximate surface area is 145 Å². The number of ether oxygens (including phenoxy) is 1. The Morgan fingerprint density at radius 3 is 2.80 bits per heavy atom.